The van der Waals surface area contributed by atoms with Gasteiger partial charge in [0.25, 0.3) is 0 Å². The Hall–Kier alpha value is -1.43. The maximum absolute atomic E-state index is 13.7. The molecule has 2 aromatic rings. The molecule has 94 valence electrons. The molecule has 5 heteroatoms. The van der Waals surface area contributed by atoms with Crippen molar-refractivity contribution >= 4 is 11.8 Å². The van der Waals surface area contributed by atoms with Gasteiger partial charge in [-0.05, 0) is 30.0 Å². The number of halogens is 1. The van der Waals surface area contributed by atoms with Crippen LogP contribution >= 0.6 is 11.8 Å². The zero-order chi connectivity index (χ0) is 13.0. The summed E-state index contributed by atoms with van der Waals surface area (Å²) >= 11 is 1.66. The molecule has 1 atom stereocenters. The molecule has 2 rings (SSSR count). The lowest BCUT2D eigenvalue weighted by Crippen LogP contribution is -2.29. The summed E-state index contributed by atoms with van der Waals surface area (Å²) in [6.45, 7) is 0. The largest absolute Gasteiger partial charge is 0.271 e. The van der Waals surface area contributed by atoms with Crippen molar-refractivity contribution < 1.29 is 4.39 Å². The lowest BCUT2D eigenvalue weighted by Gasteiger charge is -2.17. The second kappa shape index (κ2) is 5.95. The van der Waals surface area contributed by atoms with Crippen molar-refractivity contribution in [1.29, 1.82) is 0 Å². The SMILES string of the molecule is CSc1ccc(C(NN)c2ccncc2F)cc1. The van der Waals surface area contributed by atoms with E-state index in [1.54, 1.807) is 24.0 Å². The Kier molecular flexibility index (Phi) is 4.30. The number of nitrogens with one attached hydrogen (secondary N) is 1. The van der Waals surface area contributed by atoms with Gasteiger partial charge in [0, 0.05) is 16.7 Å². The average Bonchev–Trinajstić information content (AvgIpc) is 2.42. The fourth-order valence-corrected chi connectivity index (χ4v) is 2.19. The summed E-state index contributed by atoms with van der Waals surface area (Å²) in [5.41, 5.74) is 4.05. The van der Waals surface area contributed by atoms with Gasteiger partial charge in [-0.2, -0.15) is 0 Å². The predicted molar refractivity (Wildman–Crippen MR) is 71.6 cm³/mol. The van der Waals surface area contributed by atoms with E-state index in [1.807, 2.05) is 30.5 Å². The molecule has 0 aliphatic heterocycles. The molecule has 3 nitrogen and oxygen atoms in total. The van der Waals surface area contributed by atoms with Crippen LogP contribution in [0.25, 0.3) is 0 Å². The van der Waals surface area contributed by atoms with Crippen molar-refractivity contribution in [2.24, 2.45) is 5.84 Å². The topological polar surface area (TPSA) is 50.9 Å². The fraction of sp³-hybridized carbons (Fsp3) is 0.154. The number of aromatic nitrogens is 1. The number of hydrogen-bond acceptors (Lipinski definition) is 4. The minimum absolute atomic E-state index is 0.366. The van der Waals surface area contributed by atoms with E-state index in [0.29, 0.717) is 5.56 Å². The van der Waals surface area contributed by atoms with Gasteiger partial charge in [0.1, 0.15) is 5.82 Å². The van der Waals surface area contributed by atoms with Crippen molar-refractivity contribution in [3.05, 3.63) is 59.7 Å². The fourth-order valence-electron chi connectivity index (χ4n) is 1.78. The van der Waals surface area contributed by atoms with Crippen LogP contribution in [0.1, 0.15) is 17.2 Å². The number of hydrogen-bond donors (Lipinski definition) is 2. The van der Waals surface area contributed by atoms with Crippen LogP contribution in [0.4, 0.5) is 4.39 Å². The molecule has 1 aromatic carbocycles. The quantitative estimate of drug-likeness (QED) is 0.505. The minimum Gasteiger partial charge on any atom is -0.271 e. The molecule has 0 saturated heterocycles. The molecule has 0 bridgehead atoms. The highest BCUT2D eigenvalue weighted by Gasteiger charge is 2.16. The highest BCUT2D eigenvalue weighted by molar-refractivity contribution is 7.98. The Labute approximate surface area is 110 Å². The van der Waals surface area contributed by atoms with Crippen LogP contribution in [0.5, 0.6) is 0 Å². The Morgan fingerprint density at radius 2 is 2.00 bits per heavy atom. The van der Waals surface area contributed by atoms with Gasteiger partial charge in [-0.1, -0.05) is 12.1 Å². The summed E-state index contributed by atoms with van der Waals surface area (Å²) in [5, 5.41) is 0. The third-order valence-corrected chi connectivity index (χ3v) is 3.47. The van der Waals surface area contributed by atoms with E-state index in [1.165, 1.54) is 6.20 Å². The van der Waals surface area contributed by atoms with Gasteiger partial charge in [0.15, 0.2) is 0 Å². The highest BCUT2D eigenvalue weighted by Crippen LogP contribution is 2.25. The van der Waals surface area contributed by atoms with E-state index in [2.05, 4.69) is 10.4 Å². The Morgan fingerprint density at radius 1 is 1.28 bits per heavy atom. The summed E-state index contributed by atoms with van der Waals surface area (Å²) < 4.78 is 13.7. The summed E-state index contributed by atoms with van der Waals surface area (Å²) in [6.07, 6.45) is 4.76. The van der Waals surface area contributed by atoms with Gasteiger partial charge in [-0.3, -0.25) is 10.8 Å². The van der Waals surface area contributed by atoms with Crippen molar-refractivity contribution in [2.45, 2.75) is 10.9 Å². The smallest absolute Gasteiger partial charge is 0.146 e. The Bertz CT molecular complexity index is 516. The molecular formula is C13H14FN3S. The van der Waals surface area contributed by atoms with Crippen LogP contribution in [-0.2, 0) is 0 Å². The van der Waals surface area contributed by atoms with Crippen LogP contribution in [0.2, 0.25) is 0 Å². The number of hydrazine groups is 1. The molecule has 0 radical (unpaired) electrons. The zero-order valence-corrected chi connectivity index (χ0v) is 10.7. The second-order valence-corrected chi connectivity index (χ2v) is 4.65. The van der Waals surface area contributed by atoms with Crippen LogP contribution in [0.15, 0.2) is 47.6 Å². The van der Waals surface area contributed by atoms with Crippen molar-refractivity contribution in [2.75, 3.05) is 6.26 Å². The maximum Gasteiger partial charge on any atom is 0.146 e. The molecule has 0 amide bonds. The molecule has 1 aromatic heterocycles. The first-order chi connectivity index (χ1) is 8.76. The molecule has 0 fully saturated rings. The van der Waals surface area contributed by atoms with Gasteiger partial charge in [-0.25, -0.2) is 9.82 Å². The zero-order valence-electron chi connectivity index (χ0n) is 9.93. The van der Waals surface area contributed by atoms with Gasteiger partial charge in [0.05, 0.1) is 12.2 Å². The summed E-state index contributed by atoms with van der Waals surface area (Å²) in [7, 11) is 0. The predicted octanol–water partition coefficient (Wildman–Crippen LogP) is 2.50. The Balaban J connectivity index is 2.36. The number of nitrogens with zero attached hydrogens (tertiary/aromatic N) is 1. The van der Waals surface area contributed by atoms with Crippen LogP contribution < -0.4 is 11.3 Å². The molecular weight excluding hydrogens is 249 g/mol. The number of pyridine rings is 1. The molecule has 1 heterocycles. The molecule has 0 aliphatic rings. The summed E-state index contributed by atoms with van der Waals surface area (Å²) in [6, 6.07) is 9.12. The van der Waals surface area contributed by atoms with Gasteiger partial charge in [-0.15, -0.1) is 11.8 Å². The first kappa shape index (κ1) is 13.0. The molecule has 1 unspecified atom stereocenters. The number of nitrogens with two attached hydrogens (primary N) is 1. The molecule has 18 heavy (non-hydrogen) atoms. The van der Waals surface area contributed by atoms with Gasteiger partial charge >= 0.3 is 0 Å². The number of rotatable bonds is 4. The Morgan fingerprint density at radius 3 is 2.56 bits per heavy atom. The standard InChI is InChI=1S/C13H14FN3S/c1-18-10-4-2-9(3-5-10)13(17-15)11-6-7-16-8-12(11)14/h2-8,13,17H,15H2,1H3. The van der Waals surface area contributed by atoms with Gasteiger partial charge in [0.2, 0.25) is 0 Å². The van der Waals surface area contributed by atoms with Crippen molar-refractivity contribution in [3.63, 3.8) is 0 Å². The minimum atomic E-state index is -0.371. The first-order valence-corrected chi connectivity index (χ1v) is 6.68. The van der Waals surface area contributed by atoms with E-state index in [-0.39, 0.29) is 11.9 Å². The molecule has 0 aliphatic carbocycles. The molecule has 0 saturated carbocycles. The lowest BCUT2D eigenvalue weighted by molar-refractivity contribution is 0.555. The monoisotopic (exact) mass is 263 g/mol. The maximum atomic E-state index is 13.7. The normalized spacial score (nSPS) is 12.4. The second-order valence-electron chi connectivity index (χ2n) is 3.77. The summed E-state index contributed by atoms with van der Waals surface area (Å²) in [4.78, 5) is 4.89. The van der Waals surface area contributed by atoms with E-state index in [4.69, 9.17) is 5.84 Å². The first-order valence-electron chi connectivity index (χ1n) is 5.45. The average molecular weight is 263 g/mol. The highest BCUT2D eigenvalue weighted by atomic mass is 32.2. The van der Waals surface area contributed by atoms with Crippen molar-refractivity contribution in [3.8, 4) is 0 Å². The van der Waals surface area contributed by atoms with E-state index >= 15 is 0 Å². The molecule has 0 spiro atoms. The van der Waals surface area contributed by atoms with E-state index in [9.17, 15) is 4.39 Å². The van der Waals surface area contributed by atoms with Crippen LogP contribution in [-0.4, -0.2) is 11.2 Å². The number of benzene rings is 1. The summed E-state index contributed by atoms with van der Waals surface area (Å²) in [5.74, 6) is 5.17. The van der Waals surface area contributed by atoms with Crippen LogP contribution in [0, 0.1) is 5.82 Å². The third-order valence-electron chi connectivity index (χ3n) is 2.73. The van der Waals surface area contributed by atoms with E-state index in [0.717, 1.165) is 10.5 Å². The number of thioether (sulfide) groups is 1. The van der Waals surface area contributed by atoms with E-state index < -0.39 is 0 Å². The molecule has 3 N–H and O–H groups in total. The third kappa shape index (κ3) is 2.69. The van der Waals surface area contributed by atoms with Crippen molar-refractivity contribution in [1.82, 2.24) is 10.4 Å². The lowest BCUT2D eigenvalue weighted by atomic mass is 10.00. The van der Waals surface area contributed by atoms with Crippen LogP contribution in [0.3, 0.4) is 0 Å². The van der Waals surface area contributed by atoms with Gasteiger partial charge < -0.3 is 0 Å².